The van der Waals surface area contributed by atoms with E-state index in [1.165, 1.54) is 10.9 Å². The molecule has 1 saturated carbocycles. The minimum Gasteiger partial charge on any atom is -0.471 e. The van der Waals surface area contributed by atoms with E-state index in [0.717, 1.165) is 31.1 Å². The number of halogens is 4. The Kier molecular flexibility index (Phi) is 8.40. The molecule has 11 heteroatoms. The molecular formula is C26H35F4N5O2. The van der Waals surface area contributed by atoms with Crippen LogP contribution >= 0.6 is 0 Å². The number of nitrogens with one attached hydrogen (secondary N) is 1. The lowest BCUT2D eigenvalue weighted by Gasteiger charge is -2.35. The van der Waals surface area contributed by atoms with Gasteiger partial charge in [0.1, 0.15) is 5.67 Å². The molecule has 204 valence electrons. The van der Waals surface area contributed by atoms with E-state index in [-0.39, 0.29) is 29.8 Å². The predicted octanol–water partition coefficient (Wildman–Crippen LogP) is 3.79. The molecule has 0 aromatic carbocycles. The van der Waals surface area contributed by atoms with Crippen molar-refractivity contribution in [2.45, 2.75) is 75.9 Å². The second kappa shape index (κ2) is 11.4. The van der Waals surface area contributed by atoms with Gasteiger partial charge in [-0.25, -0.2) is 18.2 Å². The average molecular weight is 526 g/mol. The second-order valence-electron chi connectivity index (χ2n) is 10.5. The lowest BCUT2D eigenvalue weighted by molar-refractivity contribution is -0.121. The highest BCUT2D eigenvalue weighted by Gasteiger charge is 2.36. The van der Waals surface area contributed by atoms with Gasteiger partial charge in [0.05, 0.1) is 6.42 Å². The van der Waals surface area contributed by atoms with E-state index in [0.29, 0.717) is 51.6 Å². The third kappa shape index (κ3) is 7.90. The highest BCUT2D eigenvalue weighted by Crippen LogP contribution is 2.35. The number of ether oxygens (including phenoxy) is 1. The summed E-state index contributed by atoms with van der Waals surface area (Å²) in [5.41, 5.74) is 0.879. The minimum absolute atomic E-state index is 0.0815. The Bertz CT molecular complexity index is 1080. The molecule has 0 unspecified atom stereocenters. The SMILES string of the molecule is Cn1cc(CC(=O)NC2CCC(F)(CCN3CCc4ccc(OCC(C)(F)F)nc4CC3)CC2)c(F)n1. The maximum Gasteiger partial charge on any atom is 0.278 e. The van der Waals surface area contributed by atoms with Crippen molar-refractivity contribution in [3.63, 3.8) is 0 Å². The number of pyridine rings is 1. The maximum absolute atomic E-state index is 15.5. The van der Waals surface area contributed by atoms with Crippen molar-refractivity contribution in [1.82, 2.24) is 25.0 Å². The van der Waals surface area contributed by atoms with Gasteiger partial charge in [-0.15, -0.1) is 5.10 Å². The lowest BCUT2D eigenvalue weighted by atomic mass is 9.81. The fourth-order valence-corrected chi connectivity index (χ4v) is 5.08. The fourth-order valence-electron chi connectivity index (χ4n) is 5.08. The summed E-state index contributed by atoms with van der Waals surface area (Å²) < 4.78 is 61.9. The molecule has 0 spiro atoms. The quantitative estimate of drug-likeness (QED) is 0.505. The molecule has 1 fully saturated rings. The number of aryl methyl sites for hydroxylation is 1. The monoisotopic (exact) mass is 525 g/mol. The number of carbonyl (C=O) groups is 1. The van der Waals surface area contributed by atoms with E-state index in [1.54, 1.807) is 13.1 Å². The highest BCUT2D eigenvalue weighted by atomic mass is 19.3. The lowest BCUT2D eigenvalue weighted by Crippen LogP contribution is -2.43. The van der Waals surface area contributed by atoms with Gasteiger partial charge in [0.25, 0.3) is 5.92 Å². The first-order valence-electron chi connectivity index (χ1n) is 12.9. The van der Waals surface area contributed by atoms with Crippen LogP contribution in [-0.4, -0.2) is 69.4 Å². The zero-order valence-corrected chi connectivity index (χ0v) is 21.4. The number of aromatic nitrogens is 3. The van der Waals surface area contributed by atoms with Gasteiger partial charge in [-0.05, 0) is 44.1 Å². The average Bonchev–Trinajstić information content (AvgIpc) is 3.02. The summed E-state index contributed by atoms with van der Waals surface area (Å²) in [6, 6.07) is 3.39. The molecule has 2 aromatic rings. The maximum atomic E-state index is 15.5. The van der Waals surface area contributed by atoms with Crippen molar-refractivity contribution in [2.75, 3.05) is 26.2 Å². The molecule has 1 aliphatic carbocycles. The number of rotatable bonds is 9. The normalized spacial score (nSPS) is 22.8. The summed E-state index contributed by atoms with van der Waals surface area (Å²) >= 11 is 0. The van der Waals surface area contributed by atoms with Crippen molar-refractivity contribution < 1.29 is 27.1 Å². The molecule has 7 nitrogen and oxygen atoms in total. The Hall–Kier alpha value is -2.69. The topological polar surface area (TPSA) is 72.3 Å². The Morgan fingerprint density at radius 3 is 2.65 bits per heavy atom. The number of alkyl halides is 3. The van der Waals surface area contributed by atoms with Crippen molar-refractivity contribution in [3.8, 4) is 5.88 Å². The van der Waals surface area contributed by atoms with Crippen LogP contribution in [0.5, 0.6) is 5.88 Å². The Morgan fingerprint density at radius 1 is 1.24 bits per heavy atom. The summed E-state index contributed by atoms with van der Waals surface area (Å²) in [4.78, 5) is 18.9. The molecule has 4 rings (SSSR count). The minimum atomic E-state index is -2.92. The van der Waals surface area contributed by atoms with Crippen LogP contribution < -0.4 is 10.1 Å². The molecular weight excluding hydrogens is 490 g/mol. The third-order valence-electron chi connectivity index (χ3n) is 7.21. The Labute approximate surface area is 214 Å². The molecule has 0 radical (unpaired) electrons. The number of fused-ring (bicyclic) bond motifs is 1. The van der Waals surface area contributed by atoms with E-state index in [2.05, 4.69) is 20.3 Å². The molecule has 2 aromatic heterocycles. The first-order valence-corrected chi connectivity index (χ1v) is 12.9. The van der Waals surface area contributed by atoms with Crippen LogP contribution in [0.2, 0.25) is 0 Å². The number of amides is 1. The fraction of sp³-hybridized carbons (Fsp3) is 0.654. The van der Waals surface area contributed by atoms with Crippen molar-refractivity contribution in [2.24, 2.45) is 7.05 Å². The molecule has 0 atom stereocenters. The standard InChI is InChI=1S/C26H35F4N5O2/c1-25(28,29)17-37-23-4-3-18-7-12-35(13-8-21(18)32-23)14-11-26(30)9-5-20(6-10-26)31-22(36)15-19-16-34(2)33-24(19)27/h3-4,16,20H,5-15,17H2,1-2H3,(H,31,36). The van der Waals surface area contributed by atoms with Gasteiger partial charge in [0.15, 0.2) is 6.61 Å². The molecule has 0 saturated heterocycles. The van der Waals surface area contributed by atoms with Gasteiger partial charge >= 0.3 is 0 Å². The Morgan fingerprint density at radius 2 is 1.97 bits per heavy atom. The smallest absolute Gasteiger partial charge is 0.278 e. The molecule has 2 aliphatic rings. The van der Waals surface area contributed by atoms with E-state index >= 15 is 4.39 Å². The summed E-state index contributed by atoms with van der Waals surface area (Å²) in [6.45, 7) is 2.21. The van der Waals surface area contributed by atoms with Crippen LogP contribution in [0.15, 0.2) is 18.3 Å². The number of hydrogen-bond donors (Lipinski definition) is 1. The molecule has 1 aliphatic heterocycles. The first kappa shape index (κ1) is 27.3. The zero-order chi connectivity index (χ0) is 26.6. The van der Waals surface area contributed by atoms with Gasteiger partial charge in [-0.3, -0.25) is 9.48 Å². The molecule has 0 bridgehead atoms. The molecule has 1 amide bonds. The largest absolute Gasteiger partial charge is 0.471 e. The highest BCUT2D eigenvalue weighted by molar-refractivity contribution is 5.78. The van der Waals surface area contributed by atoms with E-state index in [9.17, 15) is 18.0 Å². The number of nitrogens with zero attached hydrogens (tertiary/aromatic N) is 4. The van der Waals surface area contributed by atoms with Crippen LogP contribution in [0.25, 0.3) is 0 Å². The van der Waals surface area contributed by atoms with E-state index in [1.807, 2.05) is 6.07 Å². The molecule has 37 heavy (non-hydrogen) atoms. The summed E-state index contributed by atoms with van der Waals surface area (Å²) in [7, 11) is 1.60. The Balaban J connectivity index is 1.20. The van der Waals surface area contributed by atoms with Crippen molar-refractivity contribution >= 4 is 5.91 Å². The third-order valence-corrected chi connectivity index (χ3v) is 7.21. The number of carbonyl (C=O) groups excluding carboxylic acids is 1. The van der Waals surface area contributed by atoms with Gasteiger partial charge in [-0.2, -0.15) is 4.39 Å². The zero-order valence-electron chi connectivity index (χ0n) is 21.4. The summed E-state index contributed by atoms with van der Waals surface area (Å²) in [5, 5.41) is 6.52. The van der Waals surface area contributed by atoms with Gasteiger partial charge in [0, 0.05) is 69.6 Å². The van der Waals surface area contributed by atoms with Crippen LogP contribution in [-0.2, 0) is 31.1 Å². The van der Waals surface area contributed by atoms with Crippen molar-refractivity contribution in [1.29, 1.82) is 0 Å². The van der Waals surface area contributed by atoms with Gasteiger partial charge < -0.3 is 15.0 Å². The molecule has 1 N–H and O–H groups in total. The van der Waals surface area contributed by atoms with Crippen molar-refractivity contribution in [3.05, 3.63) is 41.1 Å². The second-order valence-corrected chi connectivity index (χ2v) is 10.5. The van der Waals surface area contributed by atoms with Crippen LogP contribution in [0, 0.1) is 5.95 Å². The predicted molar refractivity (Wildman–Crippen MR) is 130 cm³/mol. The summed E-state index contributed by atoms with van der Waals surface area (Å²) in [5.74, 6) is -3.65. The summed E-state index contributed by atoms with van der Waals surface area (Å²) in [6.07, 6.45) is 5.08. The van der Waals surface area contributed by atoms with Crippen LogP contribution in [0.4, 0.5) is 17.6 Å². The van der Waals surface area contributed by atoms with Crippen LogP contribution in [0.1, 0.15) is 55.8 Å². The number of hydrogen-bond acceptors (Lipinski definition) is 5. The van der Waals surface area contributed by atoms with Gasteiger partial charge in [0.2, 0.25) is 17.7 Å². The first-order chi connectivity index (χ1) is 17.5. The van der Waals surface area contributed by atoms with E-state index < -0.39 is 24.1 Å². The van der Waals surface area contributed by atoms with E-state index in [4.69, 9.17) is 4.74 Å². The molecule has 3 heterocycles. The van der Waals surface area contributed by atoms with Crippen LogP contribution in [0.3, 0.4) is 0 Å². The van der Waals surface area contributed by atoms with Gasteiger partial charge in [-0.1, -0.05) is 6.07 Å².